The van der Waals surface area contributed by atoms with Gasteiger partial charge in [-0.25, -0.2) is 4.79 Å². The third kappa shape index (κ3) is 2.34. The zero-order valence-corrected chi connectivity index (χ0v) is 13.9. The van der Waals surface area contributed by atoms with Gasteiger partial charge in [-0.1, -0.05) is 23.2 Å². The summed E-state index contributed by atoms with van der Waals surface area (Å²) < 4.78 is 11.4. The zero-order valence-electron chi connectivity index (χ0n) is 12.4. The molecule has 6 heteroatoms. The summed E-state index contributed by atoms with van der Waals surface area (Å²) >= 11 is 11.9. The molecule has 7 atom stereocenters. The van der Waals surface area contributed by atoms with E-state index < -0.39 is 6.09 Å². The second-order valence-corrected chi connectivity index (χ2v) is 8.11. The molecule has 4 fully saturated rings. The predicted molar refractivity (Wildman–Crippen MR) is 86.8 cm³/mol. The van der Waals surface area contributed by atoms with Crippen LogP contribution >= 0.6 is 23.2 Å². The van der Waals surface area contributed by atoms with Gasteiger partial charge in [-0.05, 0) is 61.1 Å². The molecule has 122 valence electrons. The Hall–Kier alpha value is -0.970. The maximum Gasteiger partial charge on any atom is 0.411 e. The number of epoxide rings is 1. The van der Waals surface area contributed by atoms with Crippen LogP contribution in [0.25, 0.3) is 0 Å². The number of carbonyl (C=O) groups is 1. The Bertz CT molecular complexity index is 662. The fourth-order valence-electron chi connectivity index (χ4n) is 5.31. The number of amides is 1. The molecule has 0 unspecified atom stereocenters. The SMILES string of the molecule is O=C(Nc1cc(Cl)cc(Cl)c1)O[C@H]1C[C@H]2C[C@@H]1[C@H]1C[C@H]3O[C@@H]3[C@H]21. The van der Waals surface area contributed by atoms with E-state index in [0.717, 1.165) is 18.8 Å². The number of nitrogens with one attached hydrogen (secondary N) is 1. The average Bonchev–Trinajstić information content (AvgIpc) is 2.82. The first-order valence-corrected chi connectivity index (χ1v) is 8.93. The molecule has 0 aromatic heterocycles. The Balaban J connectivity index is 1.24. The number of hydrogen-bond acceptors (Lipinski definition) is 3. The fraction of sp³-hybridized carbons (Fsp3) is 0.588. The Morgan fingerprint density at radius 2 is 1.91 bits per heavy atom. The second kappa shape index (κ2) is 5.01. The summed E-state index contributed by atoms with van der Waals surface area (Å²) in [5.41, 5.74) is 0.559. The topological polar surface area (TPSA) is 50.9 Å². The molecule has 3 saturated carbocycles. The van der Waals surface area contributed by atoms with E-state index >= 15 is 0 Å². The van der Waals surface area contributed by atoms with Crippen molar-refractivity contribution in [1.29, 1.82) is 0 Å². The van der Waals surface area contributed by atoms with Crippen molar-refractivity contribution in [3.05, 3.63) is 28.2 Å². The summed E-state index contributed by atoms with van der Waals surface area (Å²) in [7, 11) is 0. The van der Waals surface area contributed by atoms with Crippen molar-refractivity contribution in [3.8, 4) is 0 Å². The Kier molecular flexibility index (Phi) is 3.13. The number of rotatable bonds is 2. The van der Waals surface area contributed by atoms with Crippen molar-refractivity contribution < 1.29 is 14.3 Å². The summed E-state index contributed by atoms with van der Waals surface area (Å²) in [5.74, 6) is 2.59. The molecule has 1 amide bonds. The highest BCUT2D eigenvalue weighted by atomic mass is 35.5. The van der Waals surface area contributed by atoms with Crippen LogP contribution in [0.15, 0.2) is 18.2 Å². The first kappa shape index (κ1) is 14.4. The first-order chi connectivity index (χ1) is 11.1. The van der Waals surface area contributed by atoms with Crippen LogP contribution in [0.3, 0.4) is 0 Å². The summed E-state index contributed by atoms with van der Waals surface area (Å²) in [5, 5.41) is 3.71. The van der Waals surface area contributed by atoms with Crippen molar-refractivity contribution in [2.75, 3.05) is 5.32 Å². The van der Waals surface area contributed by atoms with Gasteiger partial charge in [0.15, 0.2) is 0 Å². The standard InChI is InChI=1S/C17H17Cl2NO3/c18-8-3-9(19)5-10(4-8)20-17(21)23-13-2-7-1-11(13)12-6-14-16(22-14)15(7)12/h3-5,7,11-16H,1-2,6H2,(H,20,21)/t7-,11-,12-,13+,14-,15-,16+/m1/s1. The molecular formula is C17H17Cl2NO3. The third-order valence-corrected chi connectivity index (χ3v) is 6.49. The van der Waals surface area contributed by atoms with Gasteiger partial charge in [0.2, 0.25) is 0 Å². The van der Waals surface area contributed by atoms with Crippen molar-refractivity contribution in [3.63, 3.8) is 0 Å². The van der Waals surface area contributed by atoms with E-state index in [1.54, 1.807) is 18.2 Å². The smallest absolute Gasteiger partial charge is 0.411 e. The van der Waals surface area contributed by atoms with E-state index in [1.165, 1.54) is 6.42 Å². The minimum absolute atomic E-state index is 0.0356. The molecule has 1 aromatic carbocycles. The highest BCUT2D eigenvalue weighted by molar-refractivity contribution is 6.35. The van der Waals surface area contributed by atoms with Crippen LogP contribution in [0.2, 0.25) is 10.0 Å². The Morgan fingerprint density at radius 3 is 2.70 bits per heavy atom. The summed E-state index contributed by atoms with van der Waals surface area (Å²) in [4.78, 5) is 12.2. The minimum Gasteiger partial charge on any atom is -0.446 e. The van der Waals surface area contributed by atoms with E-state index in [2.05, 4.69) is 5.32 Å². The van der Waals surface area contributed by atoms with Crippen molar-refractivity contribution in [2.24, 2.45) is 23.7 Å². The molecule has 0 radical (unpaired) electrons. The lowest BCUT2D eigenvalue weighted by molar-refractivity contribution is 0.0251. The number of hydrogen-bond donors (Lipinski definition) is 1. The van der Waals surface area contributed by atoms with E-state index in [9.17, 15) is 4.79 Å². The lowest BCUT2D eigenvalue weighted by Gasteiger charge is -2.32. The lowest BCUT2D eigenvalue weighted by atomic mass is 9.79. The fourth-order valence-corrected chi connectivity index (χ4v) is 5.84. The van der Waals surface area contributed by atoms with Gasteiger partial charge in [-0.2, -0.15) is 0 Å². The molecule has 23 heavy (non-hydrogen) atoms. The summed E-state index contributed by atoms with van der Waals surface area (Å²) in [6.45, 7) is 0. The van der Waals surface area contributed by atoms with Crippen LogP contribution in [0.5, 0.6) is 0 Å². The molecule has 1 N–H and O–H groups in total. The normalized spacial score (nSPS) is 42.3. The quantitative estimate of drug-likeness (QED) is 0.803. The van der Waals surface area contributed by atoms with E-state index in [4.69, 9.17) is 32.7 Å². The molecule has 3 aliphatic carbocycles. The average molecular weight is 354 g/mol. The molecule has 4 nitrogen and oxygen atoms in total. The molecule has 0 spiro atoms. The molecule has 1 saturated heterocycles. The van der Waals surface area contributed by atoms with Gasteiger partial charge >= 0.3 is 6.09 Å². The highest BCUT2D eigenvalue weighted by Gasteiger charge is 2.67. The Morgan fingerprint density at radius 1 is 1.13 bits per heavy atom. The molecule has 2 bridgehead atoms. The van der Waals surface area contributed by atoms with Crippen LogP contribution in [0.4, 0.5) is 10.5 Å². The number of carbonyl (C=O) groups excluding carboxylic acids is 1. The van der Waals surface area contributed by atoms with Gasteiger partial charge in [0.25, 0.3) is 0 Å². The largest absolute Gasteiger partial charge is 0.446 e. The van der Waals surface area contributed by atoms with Crippen molar-refractivity contribution in [1.82, 2.24) is 0 Å². The summed E-state index contributed by atoms with van der Waals surface area (Å²) in [6, 6.07) is 4.95. The molecule has 1 aliphatic heterocycles. The maximum atomic E-state index is 12.2. The molecular weight excluding hydrogens is 337 g/mol. The highest BCUT2D eigenvalue weighted by Crippen LogP contribution is 2.64. The number of benzene rings is 1. The molecule has 1 heterocycles. The van der Waals surface area contributed by atoms with Crippen molar-refractivity contribution >= 4 is 35.0 Å². The third-order valence-electron chi connectivity index (χ3n) is 6.05. The predicted octanol–water partition coefficient (Wildman–Crippen LogP) is 4.35. The van der Waals surface area contributed by atoms with E-state index in [-0.39, 0.29) is 6.10 Å². The zero-order chi connectivity index (χ0) is 15.7. The van der Waals surface area contributed by atoms with Crippen LogP contribution in [0.1, 0.15) is 19.3 Å². The van der Waals surface area contributed by atoms with Gasteiger partial charge < -0.3 is 9.47 Å². The van der Waals surface area contributed by atoms with Crippen LogP contribution in [-0.4, -0.2) is 24.4 Å². The van der Waals surface area contributed by atoms with Gasteiger partial charge in [0.1, 0.15) is 6.10 Å². The number of halogens is 2. The van der Waals surface area contributed by atoms with E-state index in [0.29, 0.717) is 45.7 Å². The maximum absolute atomic E-state index is 12.2. The molecule has 5 rings (SSSR count). The molecule has 1 aromatic rings. The lowest BCUT2D eigenvalue weighted by Crippen LogP contribution is -2.35. The number of anilines is 1. The molecule has 4 aliphatic rings. The number of ether oxygens (including phenoxy) is 2. The second-order valence-electron chi connectivity index (χ2n) is 7.24. The first-order valence-electron chi connectivity index (χ1n) is 8.17. The van der Waals surface area contributed by atoms with Gasteiger partial charge in [-0.3, -0.25) is 5.32 Å². The summed E-state index contributed by atoms with van der Waals surface area (Å²) in [6.07, 6.45) is 3.94. The Labute approximate surface area is 144 Å². The number of fused-ring (bicyclic) bond motifs is 7. The monoisotopic (exact) mass is 353 g/mol. The van der Waals surface area contributed by atoms with Crippen LogP contribution < -0.4 is 5.32 Å². The van der Waals surface area contributed by atoms with Crippen molar-refractivity contribution in [2.45, 2.75) is 37.6 Å². The minimum atomic E-state index is -0.420. The van der Waals surface area contributed by atoms with Gasteiger partial charge in [-0.15, -0.1) is 0 Å². The van der Waals surface area contributed by atoms with Gasteiger partial charge in [0.05, 0.1) is 12.2 Å². The van der Waals surface area contributed by atoms with Gasteiger partial charge in [0, 0.05) is 15.7 Å². The van der Waals surface area contributed by atoms with Crippen LogP contribution in [0, 0.1) is 23.7 Å². The van der Waals surface area contributed by atoms with Crippen LogP contribution in [-0.2, 0) is 9.47 Å². The van der Waals surface area contributed by atoms with E-state index in [1.807, 2.05) is 0 Å².